The van der Waals surface area contributed by atoms with Crippen molar-refractivity contribution in [2.24, 2.45) is 0 Å². The van der Waals surface area contributed by atoms with E-state index in [1.807, 2.05) is 70.1 Å². The molecule has 8 heteroatoms. The first-order chi connectivity index (χ1) is 15.6. The molecule has 0 atom stereocenters. The number of benzene rings is 2. The van der Waals surface area contributed by atoms with E-state index in [1.54, 1.807) is 13.2 Å². The summed E-state index contributed by atoms with van der Waals surface area (Å²) in [5.41, 5.74) is 3.16. The summed E-state index contributed by atoms with van der Waals surface area (Å²) in [6.07, 6.45) is 1.84. The SMILES string of the molecule is COc1ccccc1N1CCN(C(=O)c2ccn3c(-c4cccc(Cl)c4)nnc3c2)CC1. The molecule has 0 aliphatic carbocycles. The molecule has 3 heterocycles. The number of nitrogens with zero attached hydrogens (tertiary/aromatic N) is 5. The second kappa shape index (κ2) is 8.51. The van der Waals surface area contributed by atoms with Crippen molar-refractivity contribution < 1.29 is 9.53 Å². The Labute approximate surface area is 190 Å². The molecule has 0 radical (unpaired) electrons. The standard InChI is InChI=1S/C24H22ClN5O2/c1-32-21-8-3-2-7-20(21)28-11-13-29(14-12-28)24(31)18-9-10-30-22(16-18)26-27-23(30)17-5-4-6-19(25)15-17/h2-10,15-16H,11-14H2,1H3. The summed E-state index contributed by atoms with van der Waals surface area (Å²) >= 11 is 6.11. The molecule has 0 spiro atoms. The van der Waals surface area contributed by atoms with E-state index in [9.17, 15) is 4.79 Å². The van der Waals surface area contributed by atoms with Crippen LogP contribution in [0, 0.1) is 0 Å². The molecule has 1 fully saturated rings. The van der Waals surface area contributed by atoms with Crippen LogP contribution in [0.2, 0.25) is 5.02 Å². The van der Waals surface area contributed by atoms with Gasteiger partial charge in [0.25, 0.3) is 5.91 Å². The minimum atomic E-state index is -0.000479. The Bertz CT molecular complexity index is 1280. The molecule has 2 aromatic heterocycles. The minimum absolute atomic E-state index is 0.000479. The van der Waals surface area contributed by atoms with Crippen LogP contribution in [0.15, 0.2) is 66.9 Å². The van der Waals surface area contributed by atoms with Crippen LogP contribution in [0.4, 0.5) is 5.69 Å². The lowest BCUT2D eigenvalue weighted by Gasteiger charge is -2.36. The fraction of sp³-hybridized carbons (Fsp3) is 0.208. The van der Waals surface area contributed by atoms with Crippen LogP contribution in [0.1, 0.15) is 10.4 Å². The maximum Gasteiger partial charge on any atom is 0.254 e. The van der Waals surface area contributed by atoms with E-state index in [2.05, 4.69) is 15.1 Å². The Morgan fingerprint density at radius 3 is 2.56 bits per heavy atom. The summed E-state index contributed by atoms with van der Waals surface area (Å²) in [6, 6.07) is 19.0. The van der Waals surface area contributed by atoms with Crippen LogP contribution in [0.5, 0.6) is 5.75 Å². The monoisotopic (exact) mass is 447 g/mol. The molecule has 7 nitrogen and oxygen atoms in total. The summed E-state index contributed by atoms with van der Waals surface area (Å²) in [5, 5.41) is 9.19. The van der Waals surface area contributed by atoms with Gasteiger partial charge in [-0.25, -0.2) is 0 Å². The van der Waals surface area contributed by atoms with E-state index >= 15 is 0 Å². The highest BCUT2D eigenvalue weighted by Gasteiger charge is 2.24. The Morgan fingerprint density at radius 1 is 0.969 bits per heavy atom. The number of ether oxygens (including phenoxy) is 1. The van der Waals surface area contributed by atoms with Gasteiger partial charge in [0.2, 0.25) is 0 Å². The molecule has 0 bridgehead atoms. The number of rotatable bonds is 4. The maximum absolute atomic E-state index is 13.1. The van der Waals surface area contributed by atoms with E-state index in [-0.39, 0.29) is 5.91 Å². The molecule has 1 saturated heterocycles. The molecule has 1 aliphatic rings. The van der Waals surface area contributed by atoms with Gasteiger partial charge in [0, 0.05) is 48.5 Å². The van der Waals surface area contributed by atoms with Crippen molar-refractivity contribution in [3.8, 4) is 17.1 Å². The van der Waals surface area contributed by atoms with Crippen LogP contribution in [0.25, 0.3) is 17.0 Å². The molecule has 4 aromatic rings. The van der Waals surface area contributed by atoms with Gasteiger partial charge in [0.15, 0.2) is 11.5 Å². The van der Waals surface area contributed by atoms with E-state index in [4.69, 9.17) is 16.3 Å². The number of pyridine rings is 1. The number of hydrogen-bond acceptors (Lipinski definition) is 5. The van der Waals surface area contributed by atoms with E-state index in [0.717, 1.165) is 30.1 Å². The van der Waals surface area contributed by atoms with Crippen LogP contribution in [0.3, 0.4) is 0 Å². The average molecular weight is 448 g/mol. The summed E-state index contributed by atoms with van der Waals surface area (Å²) in [6.45, 7) is 2.78. The third-order valence-corrected chi connectivity index (χ3v) is 5.97. The maximum atomic E-state index is 13.1. The van der Waals surface area contributed by atoms with Gasteiger partial charge in [0.1, 0.15) is 5.75 Å². The zero-order chi connectivity index (χ0) is 22.1. The Balaban J connectivity index is 1.32. The van der Waals surface area contributed by atoms with Gasteiger partial charge >= 0.3 is 0 Å². The van der Waals surface area contributed by atoms with Gasteiger partial charge in [-0.05, 0) is 36.4 Å². The zero-order valence-corrected chi connectivity index (χ0v) is 18.4. The van der Waals surface area contributed by atoms with Gasteiger partial charge in [-0.2, -0.15) is 0 Å². The van der Waals surface area contributed by atoms with Gasteiger partial charge < -0.3 is 14.5 Å². The van der Waals surface area contributed by atoms with Crippen LogP contribution < -0.4 is 9.64 Å². The molecule has 5 rings (SSSR count). The van der Waals surface area contributed by atoms with E-state index < -0.39 is 0 Å². The average Bonchev–Trinajstić information content (AvgIpc) is 3.27. The molecular formula is C24H22ClN5O2. The van der Waals surface area contributed by atoms with Gasteiger partial charge in [-0.3, -0.25) is 9.20 Å². The second-order valence-corrected chi connectivity index (χ2v) is 8.07. The van der Waals surface area contributed by atoms with Crippen molar-refractivity contribution in [1.29, 1.82) is 0 Å². The number of para-hydroxylation sites is 2. The zero-order valence-electron chi connectivity index (χ0n) is 17.6. The predicted molar refractivity (Wildman–Crippen MR) is 125 cm³/mol. The summed E-state index contributed by atoms with van der Waals surface area (Å²) in [4.78, 5) is 17.3. The van der Waals surface area contributed by atoms with Crippen LogP contribution in [-0.2, 0) is 0 Å². The van der Waals surface area contributed by atoms with Gasteiger partial charge in [-0.15, -0.1) is 10.2 Å². The van der Waals surface area contributed by atoms with Crippen molar-refractivity contribution in [3.05, 3.63) is 77.4 Å². The Morgan fingerprint density at radius 2 is 1.78 bits per heavy atom. The third-order valence-electron chi connectivity index (χ3n) is 5.73. The van der Waals surface area contributed by atoms with Crippen LogP contribution in [-0.4, -0.2) is 58.7 Å². The van der Waals surface area contributed by atoms with Crippen molar-refractivity contribution in [3.63, 3.8) is 0 Å². The van der Waals surface area contributed by atoms with Crippen molar-refractivity contribution in [1.82, 2.24) is 19.5 Å². The highest BCUT2D eigenvalue weighted by molar-refractivity contribution is 6.30. The lowest BCUT2D eigenvalue weighted by molar-refractivity contribution is 0.0746. The second-order valence-electron chi connectivity index (χ2n) is 7.63. The number of carbonyl (C=O) groups excluding carboxylic acids is 1. The topological polar surface area (TPSA) is 63.0 Å². The molecule has 162 valence electrons. The van der Waals surface area contributed by atoms with E-state index in [1.165, 1.54) is 0 Å². The highest BCUT2D eigenvalue weighted by Crippen LogP contribution is 2.28. The Kier molecular flexibility index (Phi) is 5.41. The number of fused-ring (bicyclic) bond motifs is 1. The number of aromatic nitrogens is 3. The first-order valence-corrected chi connectivity index (χ1v) is 10.8. The number of piperazine rings is 1. The predicted octanol–water partition coefficient (Wildman–Crippen LogP) is 4.02. The number of anilines is 1. The van der Waals surface area contributed by atoms with E-state index in [0.29, 0.717) is 35.1 Å². The van der Waals surface area contributed by atoms with Gasteiger partial charge in [0.05, 0.1) is 12.8 Å². The van der Waals surface area contributed by atoms with Crippen molar-refractivity contribution in [2.75, 3.05) is 38.2 Å². The largest absolute Gasteiger partial charge is 0.495 e. The van der Waals surface area contributed by atoms with Gasteiger partial charge in [-0.1, -0.05) is 35.9 Å². The number of carbonyl (C=O) groups is 1. The molecular weight excluding hydrogens is 426 g/mol. The Hall–Kier alpha value is -3.58. The lowest BCUT2D eigenvalue weighted by atomic mass is 10.2. The molecule has 0 saturated carbocycles. The quantitative estimate of drug-likeness (QED) is 0.473. The fourth-order valence-electron chi connectivity index (χ4n) is 4.07. The smallest absolute Gasteiger partial charge is 0.254 e. The summed E-state index contributed by atoms with van der Waals surface area (Å²) < 4.78 is 7.34. The fourth-order valence-corrected chi connectivity index (χ4v) is 4.26. The first-order valence-electron chi connectivity index (χ1n) is 10.4. The molecule has 1 aliphatic heterocycles. The van der Waals surface area contributed by atoms with Crippen molar-refractivity contribution in [2.45, 2.75) is 0 Å². The molecule has 0 unspecified atom stereocenters. The minimum Gasteiger partial charge on any atom is -0.495 e. The van der Waals surface area contributed by atoms with Crippen molar-refractivity contribution >= 4 is 28.8 Å². The molecule has 1 amide bonds. The molecule has 0 N–H and O–H groups in total. The molecule has 2 aromatic carbocycles. The number of methoxy groups -OCH3 is 1. The highest BCUT2D eigenvalue weighted by atomic mass is 35.5. The first kappa shape index (κ1) is 20.3. The number of halogens is 1. The molecule has 32 heavy (non-hydrogen) atoms. The third kappa shape index (κ3) is 3.76. The normalized spacial score (nSPS) is 14.1. The lowest BCUT2D eigenvalue weighted by Crippen LogP contribution is -2.48. The summed E-state index contributed by atoms with van der Waals surface area (Å²) in [7, 11) is 1.68. The number of hydrogen-bond donors (Lipinski definition) is 0. The summed E-state index contributed by atoms with van der Waals surface area (Å²) in [5.74, 6) is 1.53. The van der Waals surface area contributed by atoms with Crippen LogP contribution >= 0.6 is 11.6 Å². The number of amides is 1.